The second kappa shape index (κ2) is 5.49. The third-order valence-corrected chi connectivity index (χ3v) is 3.23. The first-order valence-electron chi connectivity index (χ1n) is 6.72. The Kier molecular flexibility index (Phi) is 3.93. The highest BCUT2D eigenvalue weighted by molar-refractivity contribution is 6.03. The quantitative estimate of drug-likeness (QED) is 0.761. The van der Waals surface area contributed by atoms with E-state index in [9.17, 15) is 4.79 Å². The van der Waals surface area contributed by atoms with Gasteiger partial charge in [0, 0.05) is 5.41 Å². The Morgan fingerprint density at radius 1 is 0.950 bits per heavy atom. The maximum atomic E-state index is 12.5. The smallest absolute Gasteiger partial charge is 0.171 e. The molecule has 0 aromatic heterocycles. The minimum atomic E-state index is -0.428. The predicted octanol–water partition coefficient (Wildman–Crippen LogP) is 4.59. The second-order valence-corrected chi connectivity index (χ2v) is 5.86. The first-order chi connectivity index (χ1) is 9.43. The molecular formula is C18H20O2. The molecule has 0 aliphatic rings. The maximum absolute atomic E-state index is 12.5. The summed E-state index contributed by atoms with van der Waals surface area (Å²) >= 11 is 0. The van der Waals surface area contributed by atoms with Crippen molar-refractivity contribution in [2.24, 2.45) is 5.41 Å². The van der Waals surface area contributed by atoms with Crippen molar-refractivity contribution in [2.45, 2.75) is 20.8 Å². The van der Waals surface area contributed by atoms with Crippen LogP contribution in [0.4, 0.5) is 0 Å². The monoisotopic (exact) mass is 268 g/mol. The van der Waals surface area contributed by atoms with E-state index in [1.165, 1.54) is 0 Å². The van der Waals surface area contributed by atoms with Crippen molar-refractivity contribution in [1.82, 2.24) is 0 Å². The fourth-order valence-corrected chi connectivity index (χ4v) is 2.10. The van der Waals surface area contributed by atoms with Gasteiger partial charge in [0.1, 0.15) is 5.75 Å². The first-order valence-corrected chi connectivity index (χ1v) is 6.72. The molecule has 0 heterocycles. The lowest BCUT2D eigenvalue weighted by Gasteiger charge is -2.19. The highest BCUT2D eigenvalue weighted by Gasteiger charge is 2.26. The molecule has 104 valence electrons. The van der Waals surface area contributed by atoms with E-state index in [0.717, 1.165) is 11.1 Å². The molecule has 0 bridgehead atoms. The van der Waals surface area contributed by atoms with Crippen LogP contribution in [0.1, 0.15) is 31.1 Å². The molecule has 2 rings (SSSR count). The molecule has 0 radical (unpaired) electrons. The van der Waals surface area contributed by atoms with Gasteiger partial charge in [0.05, 0.1) is 12.7 Å². The summed E-state index contributed by atoms with van der Waals surface area (Å²) in [5.74, 6) is 0.719. The molecule has 0 atom stereocenters. The van der Waals surface area contributed by atoms with Crippen molar-refractivity contribution in [2.75, 3.05) is 7.11 Å². The number of rotatable bonds is 3. The van der Waals surface area contributed by atoms with Gasteiger partial charge in [-0.3, -0.25) is 4.79 Å². The molecule has 2 nitrogen and oxygen atoms in total. The molecule has 0 saturated heterocycles. The first kappa shape index (κ1) is 14.3. The molecule has 0 fully saturated rings. The average Bonchev–Trinajstić information content (AvgIpc) is 2.45. The molecule has 2 heteroatoms. The van der Waals surface area contributed by atoms with E-state index >= 15 is 0 Å². The fraction of sp³-hybridized carbons (Fsp3) is 0.278. The number of methoxy groups -OCH3 is 1. The number of ketones is 1. The Morgan fingerprint density at radius 2 is 1.60 bits per heavy atom. The van der Waals surface area contributed by atoms with E-state index in [2.05, 4.69) is 0 Å². The van der Waals surface area contributed by atoms with Crippen molar-refractivity contribution < 1.29 is 9.53 Å². The normalized spacial score (nSPS) is 11.2. The van der Waals surface area contributed by atoms with Crippen molar-refractivity contribution >= 4 is 5.78 Å². The van der Waals surface area contributed by atoms with Crippen molar-refractivity contribution in [3.05, 3.63) is 54.1 Å². The lowest BCUT2D eigenvalue weighted by atomic mass is 9.85. The fourth-order valence-electron chi connectivity index (χ4n) is 2.10. The molecule has 0 unspecified atom stereocenters. The molecule has 0 N–H and O–H groups in total. The van der Waals surface area contributed by atoms with Gasteiger partial charge in [-0.05, 0) is 23.3 Å². The zero-order valence-electron chi connectivity index (χ0n) is 12.4. The van der Waals surface area contributed by atoms with Gasteiger partial charge >= 0.3 is 0 Å². The average molecular weight is 268 g/mol. The maximum Gasteiger partial charge on any atom is 0.171 e. The molecule has 0 aliphatic carbocycles. The summed E-state index contributed by atoms with van der Waals surface area (Å²) in [7, 11) is 1.59. The summed E-state index contributed by atoms with van der Waals surface area (Å²) < 4.78 is 5.33. The van der Waals surface area contributed by atoms with E-state index in [0.29, 0.717) is 11.3 Å². The SMILES string of the molecule is COc1ccc(-c2ccccc2)cc1C(=O)C(C)(C)C. The Bertz CT molecular complexity index is 607. The molecule has 0 spiro atoms. The van der Waals surface area contributed by atoms with E-state index in [-0.39, 0.29) is 5.78 Å². The van der Waals surface area contributed by atoms with E-state index in [1.807, 2.05) is 69.3 Å². The second-order valence-electron chi connectivity index (χ2n) is 5.86. The number of Topliss-reactive ketones (excluding diaryl/α,β-unsaturated/α-hetero) is 1. The van der Waals surface area contributed by atoms with Crippen molar-refractivity contribution in [1.29, 1.82) is 0 Å². The zero-order valence-corrected chi connectivity index (χ0v) is 12.4. The van der Waals surface area contributed by atoms with Gasteiger partial charge in [-0.15, -0.1) is 0 Å². The van der Waals surface area contributed by atoms with Gasteiger partial charge in [-0.2, -0.15) is 0 Å². The summed E-state index contributed by atoms with van der Waals surface area (Å²) in [6.07, 6.45) is 0. The van der Waals surface area contributed by atoms with Crippen LogP contribution in [0.25, 0.3) is 11.1 Å². The molecule has 0 saturated carbocycles. The summed E-state index contributed by atoms with van der Waals surface area (Å²) in [5, 5.41) is 0. The summed E-state index contributed by atoms with van der Waals surface area (Å²) in [5.41, 5.74) is 2.33. The largest absolute Gasteiger partial charge is 0.496 e. The Hall–Kier alpha value is -2.09. The minimum absolute atomic E-state index is 0.0899. The Balaban J connectivity index is 2.53. The third kappa shape index (κ3) is 2.90. The van der Waals surface area contributed by atoms with Gasteiger partial charge in [0.2, 0.25) is 0 Å². The lowest BCUT2D eigenvalue weighted by molar-refractivity contribution is 0.0855. The van der Waals surface area contributed by atoms with Crippen LogP contribution >= 0.6 is 0 Å². The molecule has 2 aromatic carbocycles. The van der Waals surface area contributed by atoms with Gasteiger partial charge in [-0.25, -0.2) is 0 Å². The topological polar surface area (TPSA) is 26.3 Å². The standard InChI is InChI=1S/C18H20O2/c1-18(2,3)17(19)15-12-14(10-11-16(15)20-4)13-8-6-5-7-9-13/h5-12H,1-4H3. The van der Waals surface area contributed by atoms with Gasteiger partial charge in [0.15, 0.2) is 5.78 Å². The van der Waals surface area contributed by atoms with Crippen molar-refractivity contribution in [3.8, 4) is 16.9 Å². The van der Waals surface area contributed by atoms with Crippen LogP contribution in [0.2, 0.25) is 0 Å². The molecule has 20 heavy (non-hydrogen) atoms. The number of hydrogen-bond acceptors (Lipinski definition) is 2. The number of carbonyl (C=O) groups is 1. The zero-order chi connectivity index (χ0) is 14.8. The van der Waals surface area contributed by atoms with Crippen LogP contribution in [-0.4, -0.2) is 12.9 Å². The third-order valence-electron chi connectivity index (χ3n) is 3.23. The lowest BCUT2D eigenvalue weighted by Crippen LogP contribution is -2.20. The molecule has 0 amide bonds. The summed E-state index contributed by atoms with van der Waals surface area (Å²) in [6.45, 7) is 5.76. The van der Waals surface area contributed by atoms with Crippen LogP contribution in [0.5, 0.6) is 5.75 Å². The van der Waals surface area contributed by atoms with Crippen LogP contribution in [-0.2, 0) is 0 Å². The minimum Gasteiger partial charge on any atom is -0.496 e. The van der Waals surface area contributed by atoms with Crippen molar-refractivity contribution in [3.63, 3.8) is 0 Å². The van der Waals surface area contributed by atoms with Gasteiger partial charge in [0.25, 0.3) is 0 Å². The molecule has 2 aromatic rings. The molecular weight excluding hydrogens is 248 g/mol. The van der Waals surface area contributed by atoms with Crippen LogP contribution < -0.4 is 4.74 Å². The van der Waals surface area contributed by atoms with Gasteiger partial charge in [-0.1, -0.05) is 57.2 Å². The number of carbonyl (C=O) groups excluding carboxylic acids is 1. The number of hydrogen-bond donors (Lipinski definition) is 0. The highest BCUT2D eigenvalue weighted by atomic mass is 16.5. The molecule has 0 aliphatic heterocycles. The van der Waals surface area contributed by atoms with E-state index < -0.39 is 5.41 Å². The van der Waals surface area contributed by atoms with E-state index in [1.54, 1.807) is 7.11 Å². The number of ether oxygens (including phenoxy) is 1. The van der Waals surface area contributed by atoms with Crippen LogP contribution in [0.15, 0.2) is 48.5 Å². The van der Waals surface area contributed by atoms with E-state index in [4.69, 9.17) is 4.74 Å². The number of benzene rings is 2. The van der Waals surface area contributed by atoms with Crippen LogP contribution in [0, 0.1) is 5.41 Å². The Morgan fingerprint density at radius 3 is 2.15 bits per heavy atom. The Labute approximate surface area is 120 Å². The van der Waals surface area contributed by atoms with Gasteiger partial charge < -0.3 is 4.74 Å². The predicted molar refractivity (Wildman–Crippen MR) is 82.2 cm³/mol. The van der Waals surface area contributed by atoms with Crippen LogP contribution in [0.3, 0.4) is 0 Å². The summed E-state index contributed by atoms with van der Waals surface area (Å²) in [6, 6.07) is 15.8. The highest BCUT2D eigenvalue weighted by Crippen LogP contribution is 2.31. The summed E-state index contributed by atoms with van der Waals surface area (Å²) in [4.78, 5) is 12.5.